The van der Waals surface area contributed by atoms with Crippen LogP contribution in [0.2, 0.25) is 0 Å². The summed E-state index contributed by atoms with van der Waals surface area (Å²) in [5.74, 6) is -4.97. The molecule has 12 heteroatoms. The highest BCUT2D eigenvalue weighted by atomic mass is 16.7. The van der Waals surface area contributed by atoms with Gasteiger partial charge in [0.1, 0.15) is 29.6 Å². The van der Waals surface area contributed by atoms with E-state index < -0.39 is 71.9 Å². The third-order valence-electron chi connectivity index (χ3n) is 5.84. The molecule has 7 N–H and O–H groups in total. The van der Waals surface area contributed by atoms with Gasteiger partial charge in [-0.15, -0.1) is 0 Å². The third-order valence-corrected chi connectivity index (χ3v) is 5.84. The molecule has 1 saturated heterocycles. The molecular formula is C22H22O12. The van der Waals surface area contributed by atoms with Crippen LogP contribution in [0.4, 0.5) is 0 Å². The number of aliphatic hydroxyl groups is 4. The number of carbonyl (C=O) groups is 2. The Kier molecular flexibility index (Phi) is 6.10. The molecule has 0 radical (unpaired) electrons. The van der Waals surface area contributed by atoms with Crippen molar-refractivity contribution in [3.8, 4) is 23.0 Å². The second kappa shape index (κ2) is 8.74. The molecule has 4 rings (SSSR count). The summed E-state index contributed by atoms with van der Waals surface area (Å²) in [5.41, 5.74) is -1.39. The number of ketones is 1. The topological polar surface area (TPSA) is 203 Å². The Labute approximate surface area is 191 Å². The first kappa shape index (κ1) is 23.7. The van der Waals surface area contributed by atoms with E-state index in [2.05, 4.69) is 0 Å². The molecule has 0 bridgehead atoms. The Morgan fingerprint density at radius 2 is 1.74 bits per heavy atom. The van der Waals surface area contributed by atoms with Gasteiger partial charge in [-0.1, -0.05) is 30.3 Å². The summed E-state index contributed by atoms with van der Waals surface area (Å²) in [6.07, 6.45) is -10.1. The molecule has 2 aliphatic rings. The highest BCUT2D eigenvalue weighted by molar-refractivity contribution is 6.04. The fourth-order valence-electron chi connectivity index (χ4n) is 4.00. The molecule has 0 amide bonds. The molecule has 12 nitrogen and oxygen atoms in total. The lowest BCUT2D eigenvalue weighted by molar-refractivity contribution is -0.271. The molecule has 34 heavy (non-hydrogen) atoms. The average Bonchev–Trinajstić information content (AvgIpc) is 2.82. The Bertz CT molecular complexity index is 1100. The van der Waals surface area contributed by atoms with E-state index in [0.717, 1.165) is 6.07 Å². The van der Waals surface area contributed by atoms with Gasteiger partial charge in [0.2, 0.25) is 12.0 Å². The zero-order chi connectivity index (χ0) is 24.8. The minimum atomic E-state index is -1.97. The molecule has 6 atom stereocenters. The van der Waals surface area contributed by atoms with Gasteiger partial charge in [-0.25, -0.2) is 4.79 Å². The largest absolute Gasteiger partial charge is 0.504 e. The number of carbonyl (C=O) groups excluding carboxylic acids is 1. The standard InChI is InChI=1S/C22H22O12/c23-8-22(9-4-2-1-3-5-9)7-10(24)13-11(34-22)6-12(14(25)15(13)26)32-21-18(29)16(27)17(28)19(33-21)20(30)31/h1-6,16-19,21,23,25-29H,7-8H2,(H,30,31)/t16-,17-,18+,19-,21+,22-/m0/s1. The van der Waals surface area contributed by atoms with Crippen molar-refractivity contribution in [3.05, 3.63) is 47.5 Å². The monoisotopic (exact) mass is 478 g/mol. The minimum Gasteiger partial charge on any atom is -0.504 e. The number of carboxylic acids is 1. The van der Waals surface area contributed by atoms with Gasteiger partial charge in [0.15, 0.2) is 29.0 Å². The first-order valence-electron chi connectivity index (χ1n) is 10.2. The summed E-state index contributed by atoms with van der Waals surface area (Å²) >= 11 is 0. The summed E-state index contributed by atoms with van der Waals surface area (Å²) in [6.45, 7) is -0.602. The average molecular weight is 478 g/mol. The van der Waals surface area contributed by atoms with Crippen LogP contribution < -0.4 is 9.47 Å². The normalized spacial score (nSPS) is 30.8. The Morgan fingerprint density at radius 3 is 2.35 bits per heavy atom. The van der Waals surface area contributed by atoms with Crippen LogP contribution in [0.3, 0.4) is 0 Å². The van der Waals surface area contributed by atoms with E-state index in [1.165, 1.54) is 0 Å². The van der Waals surface area contributed by atoms with Gasteiger partial charge in [0.05, 0.1) is 13.0 Å². The first-order valence-corrected chi connectivity index (χ1v) is 10.2. The van der Waals surface area contributed by atoms with Crippen LogP contribution in [0.25, 0.3) is 0 Å². The predicted octanol–water partition coefficient (Wildman–Crippen LogP) is -0.778. The zero-order valence-corrected chi connectivity index (χ0v) is 17.4. The van der Waals surface area contributed by atoms with Crippen molar-refractivity contribution in [2.45, 2.75) is 42.7 Å². The maximum Gasteiger partial charge on any atom is 0.335 e. The number of Topliss-reactive ketones (excluding diaryl/α,β-unsaturated/α-hetero) is 1. The number of ether oxygens (including phenoxy) is 3. The maximum atomic E-state index is 12.9. The van der Waals surface area contributed by atoms with Gasteiger partial charge in [-0.3, -0.25) is 4.79 Å². The van der Waals surface area contributed by atoms with E-state index in [4.69, 9.17) is 14.2 Å². The molecule has 0 unspecified atom stereocenters. The van der Waals surface area contributed by atoms with E-state index in [9.17, 15) is 45.3 Å². The van der Waals surface area contributed by atoms with E-state index in [1.54, 1.807) is 30.3 Å². The number of aromatic hydroxyl groups is 2. The van der Waals surface area contributed by atoms with Crippen LogP contribution in [0.1, 0.15) is 22.3 Å². The summed E-state index contributed by atoms with van der Waals surface area (Å²) < 4.78 is 16.2. The molecule has 0 aromatic heterocycles. The van der Waals surface area contributed by atoms with Gasteiger partial charge in [-0.05, 0) is 5.56 Å². The van der Waals surface area contributed by atoms with Gasteiger partial charge in [0.25, 0.3) is 0 Å². The molecule has 2 aromatic carbocycles. The highest BCUT2D eigenvalue weighted by Crippen LogP contribution is 2.50. The van der Waals surface area contributed by atoms with Crippen molar-refractivity contribution < 1.29 is 59.5 Å². The lowest BCUT2D eigenvalue weighted by atomic mass is 9.84. The number of aliphatic hydroxyl groups excluding tert-OH is 4. The summed E-state index contributed by atoms with van der Waals surface area (Å²) in [6, 6.07) is 9.36. The fourth-order valence-corrected chi connectivity index (χ4v) is 4.00. The lowest BCUT2D eigenvalue weighted by Gasteiger charge is -2.39. The summed E-state index contributed by atoms with van der Waals surface area (Å²) in [5, 5.41) is 70.0. The summed E-state index contributed by atoms with van der Waals surface area (Å²) in [7, 11) is 0. The number of fused-ring (bicyclic) bond motifs is 1. The summed E-state index contributed by atoms with van der Waals surface area (Å²) in [4.78, 5) is 24.2. The van der Waals surface area contributed by atoms with Crippen LogP contribution >= 0.6 is 0 Å². The van der Waals surface area contributed by atoms with Crippen molar-refractivity contribution in [2.75, 3.05) is 6.61 Å². The molecule has 2 aromatic rings. The number of benzene rings is 2. The Balaban J connectivity index is 1.72. The lowest BCUT2D eigenvalue weighted by Crippen LogP contribution is -2.61. The third kappa shape index (κ3) is 3.81. The number of aliphatic carboxylic acids is 1. The van der Waals surface area contributed by atoms with Gasteiger partial charge in [0, 0.05) is 6.07 Å². The molecule has 182 valence electrons. The number of phenolic OH excluding ortho intramolecular Hbond substituents is 2. The molecular weight excluding hydrogens is 456 g/mol. The van der Waals surface area contributed by atoms with Crippen LogP contribution in [0, 0.1) is 0 Å². The van der Waals surface area contributed by atoms with Crippen LogP contribution in [0.15, 0.2) is 36.4 Å². The van der Waals surface area contributed by atoms with Gasteiger partial charge in [-0.2, -0.15) is 0 Å². The maximum absolute atomic E-state index is 12.9. The van der Waals surface area contributed by atoms with Gasteiger partial charge >= 0.3 is 5.97 Å². The molecule has 0 saturated carbocycles. The molecule has 0 spiro atoms. The zero-order valence-electron chi connectivity index (χ0n) is 17.4. The van der Waals surface area contributed by atoms with Crippen molar-refractivity contribution in [2.24, 2.45) is 0 Å². The van der Waals surface area contributed by atoms with E-state index >= 15 is 0 Å². The Hall–Kier alpha value is -3.42. The second-order valence-electron chi connectivity index (χ2n) is 8.02. The molecule has 0 aliphatic carbocycles. The van der Waals surface area contributed by atoms with Crippen LogP contribution in [-0.2, 0) is 15.1 Å². The fraction of sp³-hybridized carbons (Fsp3) is 0.364. The number of carboxylic acid groups (broad SMARTS) is 1. The minimum absolute atomic E-state index is 0.264. The number of rotatable bonds is 5. The first-order chi connectivity index (χ1) is 16.1. The van der Waals surface area contributed by atoms with E-state index in [0.29, 0.717) is 5.56 Å². The van der Waals surface area contributed by atoms with Crippen molar-refractivity contribution in [1.82, 2.24) is 0 Å². The number of hydrogen-bond donors (Lipinski definition) is 7. The van der Waals surface area contributed by atoms with E-state index in [-0.39, 0.29) is 17.7 Å². The van der Waals surface area contributed by atoms with E-state index in [1.807, 2.05) is 0 Å². The van der Waals surface area contributed by atoms with Crippen LogP contribution in [-0.4, -0.2) is 84.8 Å². The van der Waals surface area contributed by atoms with Crippen molar-refractivity contribution in [1.29, 1.82) is 0 Å². The number of hydrogen-bond acceptors (Lipinski definition) is 11. The van der Waals surface area contributed by atoms with Crippen molar-refractivity contribution >= 4 is 11.8 Å². The second-order valence-corrected chi connectivity index (χ2v) is 8.02. The quantitative estimate of drug-likeness (QED) is 0.265. The van der Waals surface area contributed by atoms with Crippen LogP contribution in [0.5, 0.6) is 23.0 Å². The Morgan fingerprint density at radius 1 is 1.06 bits per heavy atom. The predicted molar refractivity (Wildman–Crippen MR) is 109 cm³/mol. The number of phenols is 2. The SMILES string of the molecule is O=C1C[C@](CO)(c2ccccc2)Oc2cc(O[C@@H]3O[C@H](C(=O)O)[C@@H](O)[C@H](O)[C@H]3O)c(O)c(O)c21. The molecule has 2 aliphatic heterocycles. The smallest absolute Gasteiger partial charge is 0.335 e. The highest BCUT2D eigenvalue weighted by Gasteiger charge is 2.49. The van der Waals surface area contributed by atoms with Gasteiger partial charge < -0.3 is 50.0 Å². The van der Waals surface area contributed by atoms with Crippen molar-refractivity contribution in [3.63, 3.8) is 0 Å². The molecule has 1 fully saturated rings. The molecule has 2 heterocycles.